The molecule has 0 bridgehead atoms. The van der Waals surface area contributed by atoms with Crippen molar-refractivity contribution in [3.05, 3.63) is 29.6 Å². The van der Waals surface area contributed by atoms with Gasteiger partial charge in [0.2, 0.25) is 0 Å². The first kappa shape index (κ1) is 7.74. The molecule has 2 rings (SSSR count). The van der Waals surface area contributed by atoms with Crippen molar-refractivity contribution in [3.63, 3.8) is 0 Å². The van der Waals surface area contributed by atoms with E-state index in [-0.39, 0.29) is 0 Å². The van der Waals surface area contributed by atoms with E-state index in [1.807, 2.05) is 13.0 Å². The fourth-order valence-corrected chi connectivity index (χ4v) is 1.87. The van der Waals surface area contributed by atoms with Gasteiger partial charge in [0.05, 0.1) is 5.69 Å². The quantitative estimate of drug-likeness (QED) is 0.630. The monoisotopic (exact) mass is 163 g/mol. The molecule has 1 N–H and O–H groups in total. The van der Waals surface area contributed by atoms with Gasteiger partial charge in [-0.15, -0.1) is 0 Å². The molecule has 0 fully saturated rings. The normalized spacial score (nSPS) is 28.2. The lowest BCUT2D eigenvalue weighted by atomic mass is 9.84. The number of aryl methyl sites for hydroxylation is 1. The van der Waals surface area contributed by atoms with Crippen LogP contribution >= 0.6 is 0 Å². The molecule has 0 unspecified atom stereocenters. The van der Waals surface area contributed by atoms with E-state index in [0.717, 1.165) is 25.0 Å². The Morgan fingerprint density at radius 1 is 1.58 bits per heavy atom. The number of nitrogens with zero attached hydrogens (tertiary/aromatic N) is 1. The van der Waals surface area contributed by atoms with Gasteiger partial charge in [0.15, 0.2) is 0 Å². The zero-order chi connectivity index (χ0) is 8.60. The summed E-state index contributed by atoms with van der Waals surface area (Å²) in [6, 6.07) is 3.98. The molecule has 0 radical (unpaired) electrons. The number of rotatable bonds is 0. The SMILES string of the molecule is C[C@@]1(O)CCCc2cccnc21. The summed E-state index contributed by atoms with van der Waals surface area (Å²) in [7, 11) is 0. The summed E-state index contributed by atoms with van der Waals surface area (Å²) in [6.07, 6.45) is 4.70. The average Bonchev–Trinajstić information content (AvgIpc) is 2.04. The number of pyridine rings is 1. The maximum absolute atomic E-state index is 9.96. The molecule has 0 aromatic carbocycles. The van der Waals surface area contributed by atoms with Crippen LogP contribution in [0.4, 0.5) is 0 Å². The van der Waals surface area contributed by atoms with Crippen LogP contribution in [0.3, 0.4) is 0 Å². The molecule has 1 aliphatic rings. The molecule has 2 heteroatoms. The van der Waals surface area contributed by atoms with Crippen molar-refractivity contribution >= 4 is 0 Å². The Morgan fingerprint density at radius 3 is 3.17 bits per heavy atom. The summed E-state index contributed by atoms with van der Waals surface area (Å²) in [5, 5.41) is 9.96. The van der Waals surface area contributed by atoms with E-state index in [1.165, 1.54) is 5.56 Å². The van der Waals surface area contributed by atoms with E-state index in [9.17, 15) is 5.11 Å². The van der Waals surface area contributed by atoms with Crippen LogP contribution in [0.25, 0.3) is 0 Å². The first-order valence-corrected chi connectivity index (χ1v) is 4.37. The lowest BCUT2D eigenvalue weighted by Gasteiger charge is -2.29. The minimum Gasteiger partial charge on any atom is -0.384 e. The third-order valence-corrected chi connectivity index (χ3v) is 2.51. The van der Waals surface area contributed by atoms with Crippen molar-refractivity contribution in [1.29, 1.82) is 0 Å². The molecule has 0 spiro atoms. The highest BCUT2D eigenvalue weighted by molar-refractivity contribution is 5.27. The van der Waals surface area contributed by atoms with Crippen LogP contribution in [0.1, 0.15) is 31.0 Å². The third kappa shape index (κ3) is 1.12. The topological polar surface area (TPSA) is 33.1 Å². The van der Waals surface area contributed by atoms with Crippen molar-refractivity contribution in [2.24, 2.45) is 0 Å². The van der Waals surface area contributed by atoms with Gasteiger partial charge < -0.3 is 5.11 Å². The summed E-state index contributed by atoms with van der Waals surface area (Å²) in [4.78, 5) is 4.22. The largest absolute Gasteiger partial charge is 0.384 e. The molecule has 1 heterocycles. The Labute approximate surface area is 72.3 Å². The van der Waals surface area contributed by atoms with Crippen LogP contribution in [0, 0.1) is 0 Å². The van der Waals surface area contributed by atoms with Crippen molar-refractivity contribution in [3.8, 4) is 0 Å². The molecule has 64 valence electrons. The molecule has 12 heavy (non-hydrogen) atoms. The molecule has 1 aliphatic carbocycles. The lowest BCUT2D eigenvalue weighted by molar-refractivity contribution is 0.0340. The first-order chi connectivity index (χ1) is 5.70. The Kier molecular flexibility index (Phi) is 1.65. The number of hydrogen-bond acceptors (Lipinski definition) is 2. The molecule has 1 aromatic heterocycles. The van der Waals surface area contributed by atoms with Gasteiger partial charge in [0.25, 0.3) is 0 Å². The van der Waals surface area contributed by atoms with Crippen LogP contribution in [0.15, 0.2) is 18.3 Å². The Morgan fingerprint density at radius 2 is 2.42 bits per heavy atom. The van der Waals surface area contributed by atoms with E-state index in [0.29, 0.717) is 0 Å². The summed E-state index contributed by atoms with van der Waals surface area (Å²) in [5.41, 5.74) is 1.37. The van der Waals surface area contributed by atoms with Gasteiger partial charge in [0.1, 0.15) is 5.60 Å². The van der Waals surface area contributed by atoms with E-state index in [4.69, 9.17) is 0 Å². The number of fused-ring (bicyclic) bond motifs is 1. The van der Waals surface area contributed by atoms with E-state index in [1.54, 1.807) is 6.20 Å². The minimum atomic E-state index is -0.700. The van der Waals surface area contributed by atoms with Gasteiger partial charge >= 0.3 is 0 Å². The fraction of sp³-hybridized carbons (Fsp3) is 0.500. The van der Waals surface area contributed by atoms with Gasteiger partial charge in [-0.2, -0.15) is 0 Å². The van der Waals surface area contributed by atoms with Crippen LogP contribution in [-0.2, 0) is 12.0 Å². The Balaban J connectivity index is 2.52. The molecular weight excluding hydrogens is 150 g/mol. The highest BCUT2D eigenvalue weighted by atomic mass is 16.3. The fourth-order valence-electron chi connectivity index (χ4n) is 1.87. The smallest absolute Gasteiger partial charge is 0.104 e. The first-order valence-electron chi connectivity index (χ1n) is 4.37. The lowest BCUT2D eigenvalue weighted by Crippen LogP contribution is -2.28. The summed E-state index contributed by atoms with van der Waals surface area (Å²) < 4.78 is 0. The third-order valence-electron chi connectivity index (χ3n) is 2.51. The maximum atomic E-state index is 9.96. The van der Waals surface area contributed by atoms with E-state index in [2.05, 4.69) is 11.1 Å². The van der Waals surface area contributed by atoms with Crippen molar-refractivity contribution in [2.45, 2.75) is 31.8 Å². The zero-order valence-electron chi connectivity index (χ0n) is 7.25. The highest BCUT2D eigenvalue weighted by Gasteiger charge is 2.30. The summed E-state index contributed by atoms with van der Waals surface area (Å²) in [5.74, 6) is 0. The Bertz CT molecular complexity index is 294. The average molecular weight is 163 g/mol. The van der Waals surface area contributed by atoms with Crippen LogP contribution in [0.2, 0.25) is 0 Å². The summed E-state index contributed by atoms with van der Waals surface area (Å²) in [6.45, 7) is 1.85. The van der Waals surface area contributed by atoms with Crippen LogP contribution in [0.5, 0.6) is 0 Å². The van der Waals surface area contributed by atoms with Gasteiger partial charge in [-0.05, 0) is 37.8 Å². The standard InChI is InChI=1S/C10H13NO/c1-10(12)6-2-4-8-5-3-7-11-9(8)10/h3,5,7,12H,2,4,6H2,1H3/t10-/m1/s1. The van der Waals surface area contributed by atoms with Crippen LogP contribution < -0.4 is 0 Å². The second-order valence-electron chi connectivity index (χ2n) is 3.64. The highest BCUT2D eigenvalue weighted by Crippen LogP contribution is 2.32. The molecule has 0 amide bonds. The number of aliphatic hydroxyl groups is 1. The molecular formula is C10H13NO. The van der Waals surface area contributed by atoms with Gasteiger partial charge in [-0.3, -0.25) is 4.98 Å². The molecule has 0 aliphatic heterocycles. The van der Waals surface area contributed by atoms with Gasteiger partial charge in [0, 0.05) is 6.20 Å². The second kappa shape index (κ2) is 2.56. The molecule has 1 aromatic rings. The van der Waals surface area contributed by atoms with Crippen molar-refractivity contribution in [1.82, 2.24) is 4.98 Å². The number of aromatic nitrogens is 1. The predicted molar refractivity (Wildman–Crippen MR) is 46.7 cm³/mol. The molecule has 0 saturated carbocycles. The van der Waals surface area contributed by atoms with E-state index < -0.39 is 5.60 Å². The van der Waals surface area contributed by atoms with Crippen molar-refractivity contribution in [2.75, 3.05) is 0 Å². The molecule has 0 saturated heterocycles. The van der Waals surface area contributed by atoms with Gasteiger partial charge in [-0.25, -0.2) is 0 Å². The number of hydrogen-bond donors (Lipinski definition) is 1. The minimum absolute atomic E-state index is 0.700. The maximum Gasteiger partial charge on any atom is 0.104 e. The van der Waals surface area contributed by atoms with Gasteiger partial charge in [-0.1, -0.05) is 6.07 Å². The Hall–Kier alpha value is -0.890. The van der Waals surface area contributed by atoms with E-state index >= 15 is 0 Å². The summed E-state index contributed by atoms with van der Waals surface area (Å²) >= 11 is 0. The molecule has 2 nitrogen and oxygen atoms in total. The zero-order valence-corrected chi connectivity index (χ0v) is 7.25. The second-order valence-corrected chi connectivity index (χ2v) is 3.64. The van der Waals surface area contributed by atoms with Crippen molar-refractivity contribution < 1.29 is 5.11 Å². The predicted octanol–water partition coefficient (Wildman–Crippen LogP) is 1.63. The van der Waals surface area contributed by atoms with Crippen LogP contribution in [-0.4, -0.2) is 10.1 Å². The molecule has 1 atom stereocenters.